The summed E-state index contributed by atoms with van der Waals surface area (Å²) in [4.78, 5) is 0.246. The van der Waals surface area contributed by atoms with Crippen molar-refractivity contribution in [3.05, 3.63) is 29.8 Å². The van der Waals surface area contributed by atoms with E-state index in [0.717, 1.165) is 5.56 Å². The average Bonchev–Trinajstić information content (AvgIpc) is 2.44. The first kappa shape index (κ1) is 17.1. The number of nitrogens with one attached hydrogen (secondary N) is 2. The molecule has 6 heteroatoms. The summed E-state index contributed by atoms with van der Waals surface area (Å²) < 4.78 is 25.8. The van der Waals surface area contributed by atoms with Crippen molar-refractivity contribution in [2.75, 3.05) is 13.6 Å². The van der Waals surface area contributed by atoms with Crippen molar-refractivity contribution in [3.63, 3.8) is 0 Å². The molecule has 1 rings (SSSR count). The van der Waals surface area contributed by atoms with Gasteiger partial charge in [0, 0.05) is 12.6 Å². The maximum Gasteiger partial charge on any atom is 0.240 e. The van der Waals surface area contributed by atoms with E-state index in [1.165, 1.54) is 7.05 Å². The Kier molecular flexibility index (Phi) is 6.13. The van der Waals surface area contributed by atoms with Crippen LogP contribution in [0.1, 0.15) is 32.4 Å². The topological polar surface area (TPSA) is 78.4 Å². The van der Waals surface area contributed by atoms with Crippen LogP contribution in [0.25, 0.3) is 0 Å². The summed E-state index contributed by atoms with van der Waals surface area (Å²) in [6, 6.07) is 6.76. The molecule has 0 fully saturated rings. The fourth-order valence-corrected chi connectivity index (χ4v) is 2.50. The van der Waals surface area contributed by atoms with Gasteiger partial charge in [-0.15, -0.1) is 0 Å². The Labute approximate surface area is 121 Å². The van der Waals surface area contributed by atoms with Crippen LogP contribution >= 0.6 is 0 Å². The molecule has 20 heavy (non-hydrogen) atoms. The highest BCUT2D eigenvalue weighted by atomic mass is 32.2. The lowest BCUT2D eigenvalue weighted by molar-refractivity contribution is 0.120. The molecular formula is C14H24N2O3S. The zero-order chi connectivity index (χ0) is 15.3. The first-order valence-corrected chi connectivity index (χ1v) is 8.21. The molecule has 0 aliphatic rings. The standard InChI is InChI=1S/C14H24N2O3S/c1-10(2)14(17)9-16-11(3)12-6-5-7-13(8-12)20(18,19)15-4/h5-8,10-11,14-17H,9H2,1-4H3. The Balaban J connectivity index is 2.79. The van der Waals surface area contributed by atoms with E-state index in [2.05, 4.69) is 10.0 Å². The molecule has 0 bridgehead atoms. The quantitative estimate of drug-likeness (QED) is 0.708. The minimum atomic E-state index is -3.43. The lowest BCUT2D eigenvalue weighted by Crippen LogP contribution is -2.32. The molecule has 114 valence electrons. The van der Waals surface area contributed by atoms with Crippen LogP contribution in [-0.2, 0) is 10.0 Å². The molecule has 0 spiro atoms. The molecule has 3 N–H and O–H groups in total. The molecule has 0 saturated heterocycles. The zero-order valence-corrected chi connectivity index (χ0v) is 13.2. The van der Waals surface area contributed by atoms with Crippen LogP contribution < -0.4 is 10.0 Å². The summed E-state index contributed by atoms with van der Waals surface area (Å²) in [5.41, 5.74) is 0.872. The van der Waals surface area contributed by atoms with E-state index in [0.29, 0.717) is 6.54 Å². The molecule has 0 heterocycles. The monoisotopic (exact) mass is 300 g/mol. The van der Waals surface area contributed by atoms with Gasteiger partial charge in [-0.2, -0.15) is 0 Å². The van der Waals surface area contributed by atoms with Gasteiger partial charge < -0.3 is 10.4 Å². The Morgan fingerprint density at radius 1 is 1.25 bits per heavy atom. The molecule has 2 unspecified atom stereocenters. The fraction of sp³-hybridized carbons (Fsp3) is 0.571. The first-order chi connectivity index (χ1) is 9.27. The largest absolute Gasteiger partial charge is 0.392 e. The normalized spacial score (nSPS) is 15.3. The van der Waals surface area contributed by atoms with Crippen molar-refractivity contribution in [1.29, 1.82) is 0 Å². The van der Waals surface area contributed by atoms with Gasteiger partial charge in [-0.1, -0.05) is 26.0 Å². The second-order valence-corrected chi connectivity index (χ2v) is 7.11. The highest BCUT2D eigenvalue weighted by molar-refractivity contribution is 7.89. The summed E-state index contributed by atoms with van der Waals surface area (Å²) in [6.45, 7) is 6.33. The molecule has 0 radical (unpaired) electrons. The van der Waals surface area contributed by atoms with Crippen LogP contribution in [0.5, 0.6) is 0 Å². The lowest BCUT2D eigenvalue weighted by atomic mass is 10.1. The summed E-state index contributed by atoms with van der Waals surface area (Å²) in [5, 5.41) is 13.0. The van der Waals surface area contributed by atoms with Crippen molar-refractivity contribution < 1.29 is 13.5 Å². The number of benzene rings is 1. The van der Waals surface area contributed by atoms with Crippen molar-refractivity contribution in [1.82, 2.24) is 10.0 Å². The van der Waals surface area contributed by atoms with Crippen molar-refractivity contribution in [3.8, 4) is 0 Å². The van der Waals surface area contributed by atoms with Gasteiger partial charge in [0.15, 0.2) is 0 Å². The third-order valence-corrected chi connectivity index (χ3v) is 4.75. The molecule has 0 amide bonds. The summed E-state index contributed by atoms with van der Waals surface area (Å²) in [5.74, 6) is 0.186. The summed E-state index contributed by atoms with van der Waals surface area (Å²) in [7, 11) is -2.03. The molecule has 5 nitrogen and oxygen atoms in total. The Morgan fingerprint density at radius 2 is 1.90 bits per heavy atom. The zero-order valence-electron chi connectivity index (χ0n) is 12.4. The van der Waals surface area contributed by atoms with Crippen LogP contribution in [0.4, 0.5) is 0 Å². The lowest BCUT2D eigenvalue weighted by Gasteiger charge is -2.20. The third-order valence-electron chi connectivity index (χ3n) is 3.34. The molecule has 2 atom stereocenters. The van der Waals surface area contributed by atoms with Gasteiger partial charge >= 0.3 is 0 Å². The average molecular weight is 300 g/mol. The Morgan fingerprint density at radius 3 is 2.45 bits per heavy atom. The van der Waals surface area contributed by atoms with Crippen LogP contribution in [0.15, 0.2) is 29.2 Å². The van der Waals surface area contributed by atoms with Crippen LogP contribution in [0.3, 0.4) is 0 Å². The van der Waals surface area contributed by atoms with E-state index in [-0.39, 0.29) is 16.9 Å². The molecule has 0 aliphatic carbocycles. The van der Waals surface area contributed by atoms with E-state index in [9.17, 15) is 13.5 Å². The predicted octanol–water partition coefficient (Wildman–Crippen LogP) is 1.26. The number of rotatable bonds is 7. The van der Waals surface area contributed by atoms with Crippen LogP contribution in [0.2, 0.25) is 0 Å². The third kappa shape index (κ3) is 4.56. The van der Waals surface area contributed by atoms with Crippen molar-refractivity contribution >= 4 is 10.0 Å². The van der Waals surface area contributed by atoms with E-state index < -0.39 is 16.1 Å². The Bertz CT molecular complexity index is 529. The van der Waals surface area contributed by atoms with E-state index in [1.807, 2.05) is 26.8 Å². The first-order valence-electron chi connectivity index (χ1n) is 6.73. The number of hydrogen-bond acceptors (Lipinski definition) is 4. The molecular weight excluding hydrogens is 276 g/mol. The minimum absolute atomic E-state index is 0.0320. The predicted molar refractivity (Wildman–Crippen MR) is 80.0 cm³/mol. The molecule has 1 aromatic rings. The van der Waals surface area contributed by atoms with Gasteiger partial charge in [-0.3, -0.25) is 0 Å². The summed E-state index contributed by atoms with van der Waals surface area (Å²) in [6.07, 6.45) is -0.415. The Hall–Kier alpha value is -0.950. The maximum atomic E-state index is 11.8. The van der Waals surface area contributed by atoms with Gasteiger partial charge in [0.05, 0.1) is 11.0 Å². The van der Waals surface area contributed by atoms with Gasteiger partial charge in [-0.05, 0) is 37.6 Å². The van der Waals surface area contributed by atoms with E-state index >= 15 is 0 Å². The van der Waals surface area contributed by atoms with Gasteiger partial charge in [0.1, 0.15) is 0 Å². The van der Waals surface area contributed by atoms with Crippen molar-refractivity contribution in [2.45, 2.75) is 37.8 Å². The second kappa shape index (κ2) is 7.17. The van der Waals surface area contributed by atoms with E-state index in [1.54, 1.807) is 18.2 Å². The highest BCUT2D eigenvalue weighted by Gasteiger charge is 2.15. The van der Waals surface area contributed by atoms with Gasteiger partial charge in [0.25, 0.3) is 0 Å². The number of sulfonamides is 1. The minimum Gasteiger partial charge on any atom is -0.392 e. The van der Waals surface area contributed by atoms with Crippen molar-refractivity contribution in [2.24, 2.45) is 5.92 Å². The second-order valence-electron chi connectivity index (χ2n) is 5.22. The fourth-order valence-electron chi connectivity index (χ4n) is 1.72. The van der Waals surface area contributed by atoms with Crippen LogP contribution in [0, 0.1) is 5.92 Å². The maximum absolute atomic E-state index is 11.8. The van der Waals surface area contributed by atoms with E-state index in [4.69, 9.17) is 0 Å². The van der Waals surface area contributed by atoms with Gasteiger partial charge in [-0.25, -0.2) is 13.1 Å². The highest BCUT2D eigenvalue weighted by Crippen LogP contribution is 2.17. The molecule has 0 aromatic heterocycles. The molecule has 0 aliphatic heterocycles. The van der Waals surface area contributed by atoms with Gasteiger partial charge in [0.2, 0.25) is 10.0 Å². The number of aliphatic hydroxyl groups excluding tert-OH is 1. The smallest absolute Gasteiger partial charge is 0.240 e. The summed E-state index contributed by atoms with van der Waals surface area (Å²) >= 11 is 0. The molecule has 0 saturated carbocycles. The SMILES string of the molecule is CNS(=O)(=O)c1cccc(C(C)NCC(O)C(C)C)c1. The number of aliphatic hydroxyl groups is 1. The molecule has 1 aromatic carbocycles. The van der Waals surface area contributed by atoms with Crippen LogP contribution in [-0.4, -0.2) is 33.2 Å². The number of hydrogen-bond donors (Lipinski definition) is 3.